The first-order valence-corrected chi connectivity index (χ1v) is 6.48. The molecule has 1 aliphatic rings. The van der Waals surface area contributed by atoms with E-state index in [2.05, 4.69) is 16.9 Å². The van der Waals surface area contributed by atoms with E-state index in [1.54, 1.807) is 0 Å². The zero-order valence-corrected chi connectivity index (χ0v) is 8.84. The standard InChI is InChI=1S/C10H13NO2S/c1-14(12,13)11-10-6-8-4-2-3-5-9(8)7-10/h2-5,10-11H,6-7H2,1H3. The Hall–Kier alpha value is -0.870. The third-order valence-electron chi connectivity index (χ3n) is 2.43. The Labute approximate surface area is 84.2 Å². The third kappa shape index (κ3) is 2.13. The lowest BCUT2D eigenvalue weighted by atomic mass is 10.1. The van der Waals surface area contributed by atoms with Crippen LogP contribution in [0.5, 0.6) is 0 Å². The van der Waals surface area contributed by atoms with E-state index in [4.69, 9.17) is 0 Å². The third-order valence-corrected chi connectivity index (χ3v) is 3.19. The number of nitrogens with one attached hydrogen (secondary N) is 1. The van der Waals surface area contributed by atoms with Gasteiger partial charge in [-0.1, -0.05) is 24.3 Å². The molecule has 3 nitrogen and oxygen atoms in total. The van der Waals surface area contributed by atoms with Gasteiger partial charge in [0.2, 0.25) is 10.0 Å². The molecule has 0 amide bonds. The maximum Gasteiger partial charge on any atom is 0.208 e. The highest BCUT2D eigenvalue weighted by molar-refractivity contribution is 7.88. The molecule has 4 heteroatoms. The maximum atomic E-state index is 11.0. The summed E-state index contributed by atoms with van der Waals surface area (Å²) < 4.78 is 24.7. The first-order chi connectivity index (χ1) is 6.54. The second kappa shape index (κ2) is 3.37. The van der Waals surface area contributed by atoms with E-state index in [-0.39, 0.29) is 6.04 Å². The van der Waals surface area contributed by atoms with E-state index in [1.807, 2.05) is 12.1 Å². The molecule has 0 atom stereocenters. The van der Waals surface area contributed by atoms with Crippen molar-refractivity contribution in [3.8, 4) is 0 Å². The Morgan fingerprint density at radius 1 is 1.21 bits per heavy atom. The van der Waals surface area contributed by atoms with Crippen molar-refractivity contribution in [2.45, 2.75) is 18.9 Å². The van der Waals surface area contributed by atoms with Crippen LogP contribution in [0.3, 0.4) is 0 Å². The predicted octanol–water partition coefficient (Wildman–Crippen LogP) is 0.703. The molecule has 1 aliphatic carbocycles. The molecule has 0 heterocycles. The van der Waals surface area contributed by atoms with Gasteiger partial charge >= 0.3 is 0 Å². The van der Waals surface area contributed by atoms with Crippen LogP contribution in [-0.4, -0.2) is 20.7 Å². The van der Waals surface area contributed by atoms with Gasteiger partial charge in [-0.3, -0.25) is 0 Å². The summed E-state index contributed by atoms with van der Waals surface area (Å²) in [5.41, 5.74) is 2.52. The lowest BCUT2D eigenvalue weighted by Gasteiger charge is -2.08. The molecule has 76 valence electrons. The molecule has 0 aromatic heterocycles. The summed E-state index contributed by atoms with van der Waals surface area (Å²) in [7, 11) is -3.08. The van der Waals surface area contributed by atoms with E-state index >= 15 is 0 Å². The van der Waals surface area contributed by atoms with Gasteiger partial charge in [0.15, 0.2) is 0 Å². The highest BCUT2D eigenvalue weighted by Gasteiger charge is 2.22. The summed E-state index contributed by atoms with van der Waals surface area (Å²) in [6, 6.07) is 8.13. The van der Waals surface area contributed by atoms with Crippen LogP contribution in [0.4, 0.5) is 0 Å². The molecule has 1 aromatic carbocycles. The van der Waals surface area contributed by atoms with Gasteiger partial charge in [0, 0.05) is 6.04 Å². The van der Waals surface area contributed by atoms with Crippen molar-refractivity contribution >= 4 is 10.0 Å². The number of fused-ring (bicyclic) bond motifs is 1. The Kier molecular flexibility index (Phi) is 2.33. The van der Waals surface area contributed by atoms with E-state index < -0.39 is 10.0 Å². The van der Waals surface area contributed by atoms with Gasteiger partial charge in [-0.2, -0.15) is 0 Å². The van der Waals surface area contributed by atoms with Crippen molar-refractivity contribution in [1.29, 1.82) is 0 Å². The van der Waals surface area contributed by atoms with Crippen LogP contribution in [0, 0.1) is 0 Å². The molecule has 1 N–H and O–H groups in total. The second-order valence-corrected chi connectivity index (χ2v) is 5.54. The van der Waals surface area contributed by atoms with Crippen molar-refractivity contribution < 1.29 is 8.42 Å². The average Bonchev–Trinajstić information content (AvgIpc) is 2.42. The molecule has 0 aliphatic heterocycles. The number of benzene rings is 1. The smallest absolute Gasteiger partial charge is 0.208 e. The van der Waals surface area contributed by atoms with Crippen molar-refractivity contribution in [3.63, 3.8) is 0 Å². The summed E-state index contributed by atoms with van der Waals surface area (Å²) >= 11 is 0. The zero-order valence-electron chi connectivity index (χ0n) is 8.03. The van der Waals surface area contributed by atoms with Gasteiger partial charge in [-0.15, -0.1) is 0 Å². The van der Waals surface area contributed by atoms with Crippen LogP contribution < -0.4 is 4.72 Å². The molecular weight excluding hydrogens is 198 g/mol. The van der Waals surface area contributed by atoms with Crippen molar-refractivity contribution in [3.05, 3.63) is 35.4 Å². The zero-order chi connectivity index (χ0) is 10.2. The minimum atomic E-state index is -3.08. The fourth-order valence-electron chi connectivity index (χ4n) is 1.94. The quantitative estimate of drug-likeness (QED) is 0.783. The monoisotopic (exact) mass is 211 g/mol. The van der Waals surface area contributed by atoms with Crippen LogP contribution in [0.1, 0.15) is 11.1 Å². The minimum absolute atomic E-state index is 0.0439. The molecule has 0 saturated heterocycles. The van der Waals surface area contributed by atoms with Gasteiger partial charge in [0.05, 0.1) is 6.26 Å². The lowest BCUT2D eigenvalue weighted by molar-refractivity contribution is 0.561. The first kappa shape index (κ1) is 9.68. The second-order valence-electron chi connectivity index (χ2n) is 3.76. The Bertz CT molecular complexity index is 414. The van der Waals surface area contributed by atoms with Crippen molar-refractivity contribution in [1.82, 2.24) is 4.72 Å². The summed E-state index contributed by atoms with van der Waals surface area (Å²) in [5.74, 6) is 0. The Morgan fingerprint density at radius 2 is 1.71 bits per heavy atom. The fraction of sp³-hybridized carbons (Fsp3) is 0.400. The number of rotatable bonds is 2. The summed E-state index contributed by atoms with van der Waals surface area (Å²) in [6.07, 6.45) is 2.82. The maximum absolute atomic E-state index is 11.0. The normalized spacial score (nSPS) is 16.9. The van der Waals surface area contributed by atoms with Crippen LogP contribution in [-0.2, 0) is 22.9 Å². The van der Waals surface area contributed by atoms with Crippen LogP contribution in [0.25, 0.3) is 0 Å². The lowest BCUT2D eigenvalue weighted by Crippen LogP contribution is -2.34. The topological polar surface area (TPSA) is 46.2 Å². The molecule has 0 radical (unpaired) electrons. The molecule has 0 spiro atoms. The van der Waals surface area contributed by atoms with Crippen molar-refractivity contribution in [2.24, 2.45) is 0 Å². The van der Waals surface area contributed by atoms with E-state index in [0.29, 0.717) is 0 Å². The SMILES string of the molecule is CS(=O)(=O)NC1Cc2ccccc2C1. The molecule has 2 rings (SSSR count). The average molecular weight is 211 g/mol. The molecule has 0 bridgehead atoms. The Balaban J connectivity index is 2.13. The number of sulfonamides is 1. The molecule has 0 unspecified atom stereocenters. The van der Waals surface area contributed by atoms with Gasteiger partial charge < -0.3 is 0 Å². The molecule has 14 heavy (non-hydrogen) atoms. The van der Waals surface area contributed by atoms with E-state index in [1.165, 1.54) is 17.4 Å². The van der Waals surface area contributed by atoms with Crippen molar-refractivity contribution in [2.75, 3.05) is 6.26 Å². The van der Waals surface area contributed by atoms with Gasteiger partial charge in [0.25, 0.3) is 0 Å². The van der Waals surface area contributed by atoms with Gasteiger partial charge in [0.1, 0.15) is 0 Å². The predicted molar refractivity (Wildman–Crippen MR) is 55.6 cm³/mol. The highest BCUT2D eigenvalue weighted by Crippen LogP contribution is 2.21. The van der Waals surface area contributed by atoms with E-state index in [0.717, 1.165) is 12.8 Å². The van der Waals surface area contributed by atoms with Crippen LogP contribution in [0.2, 0.25) is 0 Å². The van der Waals surface area contributed by atoms with E-state index in [9.17, 15) is 8.42 Å². The van der Waals surface area contributed by atoms with Gasteiger partial charge in [-0.25, -0.2) is 13.1 Å². The molecule has 0 saturated carbocycles. The van der Waals surface area contributed by atoms with Crippen LogP contribution >= 0.6 is 0 Å². The van der Waals surface area contributed by atoms with Gasteiger partial charge in [-0.05, 0) is 24.0 Å². The minimum Gasteiger partial charge on any atom is -0.213 e. The first-order valence-electron chi connectivity index (χ1n) is 4.59. The number of hydrogen-bond donors (Lipinski definition) is 1. The highest BCUT2D eigenvalue weighted by atomic mass is 32.2. The molecular formula is C10H13NO2S. The molecule has 0 fully saturated rings. The molecule has 1 aromatic rings. The fourth-order valence-corrected chi connectivity index (χ4v) is 2.72. The summed E-state index contributed by atoms with van der Waals surface area (Å²) in [6.45, 7) is 0. The summed E-state index contributed by atoms with van der Waals surface area (Å²) in [4.78, 5) is 0. The van der Waals surface area contributed by atoms with Crippen LogP contribution in [0.15, 0.2) is 24.3 Å². The summed E-state index contributed by atoms with van der Waals surface area (Å²) in [5, 5.41) is 0. The largest absolute Gasteiger partial charge is 0.213 e. The number of hydrogen-bond acceptors (Lipinski definition) is 2. The Morgan fingerprint density at radius 3 is 2.14 bits per heavy atom.